The first-order chi connectivity index (χ1) is 7.13. The van der Waals surface area contributed by atoms with Crippen molar-refractivity contribution in [2.24, 2.45) is 0 Å². The average molecular weight is 224 g/mol. The summed E-state index contributed by atoms with van der Waals surface area (Å²) in [7, 11) is 1.89. The Labute approximate surface area is 94.1 Å². The van der Waals surface area contributed by atoms with Crippen molar-refractivity contribution in [1.29, 1.82) is 0 Å². The number of hydrogen-bond acceptors (Lipinski definition) is 2. The highest BCUT2D eigenvalue weighted by atomic mass is 35.5. The summed E-state index contributed by atoms with van der Waals surface area (Å²) in [5, 5.41) is 3.65. The second-order valence-electron chi connectivity index (χ2n) is 3.84. The summed E-state index contributed by atoms with van der Waals surface area (Å²) in [6.45, 7) is 4.22. The number of pyridine rings is 1. The van der Waals surface area contributed by atoms with Gasteiger partial charge in [-0.05, 0) is 12.1 Å². The Morgan fingerprint density at radius 1 is 1.47 bits per heavy atom. The molecule has 1 N–H and O–H groups in total. The molecule has 2 aromatic heterocycles. The van der Waals surface area contributed by atoms with E-state index in [0.717, 1.165) is 17.0 Å². The highest BCUT2D eigenvalue weighted by molar-refractivity contribution is 6.32. The molecule has 4 heteroatoms. The van der Waals surface area contributed by atoms with E-state index in [0.29, 0.717) is 11.1 Å². The van der Waals surface area contributed by atoms with Crippen molar-refractivity contribution in [2.75, 3.05) is 12.4 Å². The van der Waals surface area contributed by atoms with Crippen LogP contribution in [0.25, 0.3) is 5.52 Å². The van der Waals surface area contributed by atoms with E-state index in [2.05, 4.69) is 24.1 Å². The maximum Gasteiger partial charge on any atom is 0.155 e. The van der Waals surface area contributed by atoms with E-state index >= 15 is 0 Å². The lowest BCUT2D eigenvalue weighted by molar-refractivity contribution is 0.770. The molecular formula is C11H14ClN3. The van der Waals surface area contributed by atoms with E-state index in [1.54, 1.807) is 0 Å². The van der Waals surface area contributed by atoms with Crippen LogP contribution in [-0.4, -0.2) is 16.4 Å². The van der Waals surface area contributed by atoms with Crippen LogP contribution in [0.3, 0.4) is 0 Å². The van der Waals surface area contributed by atoms with Crippen molar-refractivity contribution in [2.45, 2.75) is 19.8 Å². The SMILES string of the molecule is CNc1ccn2c(C(C)C)nc(Cl)c2c1. The van der Waals surface area contributed by atoms with Gasteiger partial charge in [-0.1, -0.05) is 25.4 Å². The Morgan fingerprint density at radius 3 is 2.80 bits per heavy atom. The third kappa shape index (κ3) is 1.67. The molecule has 2 heterocycles. The van der Waals surface area contributed by atoms with Crippen LogP contribution in [0.5, 0.6) is 0 Å². The zero-order valence-corrected chi connectivity index (χ0v) is 9.84. The number of rotatable bonds is 2. The second kappa shape index (κ2) is 3.74. The molecular weight excluding hydrogens is 210 g/mol. The molecule has 0 fully saturated rings. The Bertz CT molecular complexity index is 488. The van der Waals surface area contributed by atoms with E-state index in [4.69, 9.17) is 11.6 Å². The standard InChI is InChI=1S/C11H14ClN3/c1-7(2)11-14-10(12)9-6-8(13-3)4-5-15(9)11/h4-7,13H,1-3H3. The van der Waals surface area contributed by atoms with E-state index in [9.17, 15) is 0 Å². The van der Waals surface area contributed by atoms with Gasteiger partial charge >= 0.3 is 0 Å². The number of nitrogens with zero attached hydrogens (tertiary/aromatic N) is 2. The zero-order chi connectivity index (χ0) is 11.0. The first-order valence-electron chi connectivity index (χ1n) is 4.98. The van der Waals surface area contributed by atoms with Gasteiger partial charge in [0.25, 0.3) is 0 Å². The molecule has 0 aliphatic heterocycles. The van der Waals surface area contributed by atoms with Crippen LogP contribution in [0.1, 0.15) is 25.6 Å². The van der Waals surface area contributed by atoms with Gasteiger partial charge in [0, 0.05) is 24.8 Å². The van der Waals surface area contributed by atoms with Gasteiger partial charge in [0.15, 0.2) is 5.15 Å². The Kier molecular flexibility index (Phi) is 2.57. The monoisotopic (exact) mass is 223 g/mol. The van der Waals surface area contributed by atoms with Gasteiger partial charge in [-0.2, -0.15) is 0 Å². The molecule has 15 heavy (non-hydrogen) atoms. The molecule has 2 aromatic rings. The van der Waals surface area contributed by atoms with Gasteiger partial charge in [-0.3, -0.25) is 0 Å². The summed E-state index contributed by atoms with van der Waals surface area (Å²) in [6, 6.07) is 4.01. The predicted molar refractivity (Wildman–Crippen MR) is 63.8 cm³/mol. The van der Waals surface area contributed by atoms with E-state index in [1.165, 1.54) is 0 Å². The van der Waals surface area contributed by atoms with Crippen molar-refractivity contribution in [3.8, 4) is 0 Å². The van der Waals surface area contributed by atoms with Crippen molar-refractivity contribution in [3.63, 3.8) is 0 Å². The van der Waals surface area contributed by atoms with Crippen molar-refractivity contribution in [3.05, 3.63) is 29.3 Å². The molecule has 0 aromatic carbocycles. The van der Waals surface area contributed by atoms with E-state index in [1.807, 2.05) is 29.8 Å². The van der Waals surface area contributed by atoms with Crippen molar-refractivity contribution < 1.29 is 0 Å². The molecule has 0 saturated carbocycles. The predicted octanol–water partition coefficient (Wildman–Crippen LogP) is 3.15. The Morgan fingerprint density at radius 2 is 2.20 bits per heavy atom. The minimum Gasteiger partial charge on any atom is -0.388 e. The van der Waals surface area contributed by atoms with Crippen LogP contribution in [0.2, 0.25) is 5.15 Å². The second-order valence-corrected chi connectivity index (χ2v) is 4.19. The number of nitrogens with one attached hydrogen (secondary N) is 1. The molecule has 0 saturated heterocycles. The smallest absolute Gasteiger partial charge is 0.155 e. The number of hydrogen-bond donors (Lipinski definition) is 1. The quantitative estimate of drug-likeness (QED) is 0.848. The number of halogens is 1. The van der Waals surface area contributed by atoms with E-state index < -0.39 is 0 Å². The lowest BCUT2D eigenvalue weighted by Gasteiger charge is -2.05. The fraction of sp³-hybridized carbons (Fsp3) is 0.364. The van der Waals surface area contributed by atoms with Gasteiger partial charge < -0.3 is 9.72 Å². The van der Waals surface area contributed by atoms with E-state index in [-0.39, 0.29) is 0 Å². The van der Waals surface area contributed by atoms with Crippen LogP contribution in [0, 0.1) is 0 Å². The number of fused-ring (bicyclic) bond motifs is 1. The minimum atomic E-state index is 0.366. The van der Waals surface area contributed by atoms with Crippen LogP contribution >= 0.6 is 11.6 Å². The molecule has 0 spiro atoms. The highest BCUT2D eigenvalue weighted by Gasteiger charge is 2.12. The zero-order valence-electron chi connectivity index (χ0n) is 9.08. The van der Waals surface area contributed by atoms with Crippen molar-refractivity contribution >= 4 is 22.8 Å². The summed E-state index contributed by atoms with van der Waals surface area (Å²) in [5.74, 6) is 1.36. The maximum atomic E-state index is 6.09. The summed E-state index contributed by atoms with van der Waals surface area (Å²) in [4.78, 5) is 4.37. The van der Waals surface area contributed by atoms with Crippen molar-refractivity contribution in [1.82, 2.24) is 9.38 Å². The van der Waals surface area contributed by atoms with Crippen LogP contribution in [0.4, 0.5) is 5.69 Å². The van der Waals surface area contributed by atoms with Crippen LogP contribution in [-0.2, 0) is 0 Å². The van der Waals surface area contributed by atoms with Gasteiger partial charge in [-0.25, -0.2) is 4.98 Å². The molecule has 0 bridgehead atoms. The lowest BCUT2D eigenvalue weighted by Crippen LogP contribution is -1.97. The first kappa shape index (κ1) is 10.3. The Balaban J connectivity index is 2.69. The topological polar surface area (TPSA) is 29.3 Å². The summed E-state index contributed by atoms with van der Waals surface area (Å²) in [5.41, 5.74) is 1.99. The summed E-state index contributed by atoms with van der Waals surface area (Å²) < 4.78 is 2.04. The lowest BCUT2D eigenvalue weighted by atomic mass is 10.2. The highest BCUT2D eigenvalue weighted by Crippen LogP contribution is 2.24. The minimum absolute atomic E-state index is 0.366. The molecule has 0 aliphatic rings. The largest absolute Gasteiger partial charge is 0.388 e. The molecule has 3 nitrogen and oxygen atoms in total. The number of aromatic nitrogens is 2. The van der Waals surface area contributed by atoms with Gasteiger partial charge in [-0.15, -0.1) is 0 Å². The molecule has 0 aliphatic carbocycles. The third-order valence-electron chi connectivity index (χ3n) is 2.43. The fourth-order valence-electron chi connectivity index (χ4n) is 1.63. The number of imidazole rings is 1. The summed E-state index contributed by atoms with van der Waals surface area (Å²) in [6.07, 6.45) is 2.00. The summed E-state index contributed by atoms with van der Waals surface area (Å²) >= 11 is 6.09. The molecule has 0 radical (unpaired) electrons. The molecule has 0 atom stereocenters. The normalized spacial score (nSPS) is 11.3. The Hall–Kier alpha value is -1.22. The average Bonchev–Trinajstić information content (AvgIpc) is 2.56. The first-order valence-corrected chi connectivity index (χ1v) is 5.36. The molecule has 2 rings (SSSR count). The molecule has 80 valence electrons. The maximum absolute atomic E-state index is 6.09. The third-order valence-corrected chi connectivity index (χ3v) is 2.71. The fourth-order valence-corrected chi connectivity index (χ4v) is 1.87. The van der Waals surface area contributed by atoms with Crippen LogP contribution in [0.15, 0.2) is 18.3 Å². The van der Waals surface area contributed by atoms with Gasteiger partial charge in [0.2, 0.25) is 0 Å². The van der Waals surface area contributed by atoms with Gasteiger partial charge in [0.1, 0.15) is 5.82 Å². The van der Waals surface area contributed by atoms with Crippen LogP contribution < -0.4 is 5.32 Å². The molecule has 0 amide bonds. The molecule has 0 unspecified atom stereocenters. The van der Waals surface area contributed by atoms with Gasteiger partial charge in [0.05, 0.1) is 5.52 Å². The number of anilines is 1.